The number of carbonyl (C=O) groups excluding carboxylic acids is 1. The molecule has 0 aromatic heterocycles. The fourth-order valence-corrected chi connectivity index (χ4v) is 5.10. The number of nitrogens with zero attached hydrogens (tertiary/aromatic N) is 1. The van der Waals surface area contributed by atoms with Crippen LogP contribution in [-0.2, 0) is 4.79 Å². The molecule has 4 heteroatoms. The standard InChI is InChI=1S/C23H28ClNO2/c24-22-15-17(16-4-2-1-3-5-16)6-7-18(22)14-19-12-13-25(23(19)27)20-8-10-21(26)11-9-20/h1-6,15,18-21,26H,7-14H2. The topological polar surface area (TPSA) is 40.5 Å². The lowest BCUT2D eigenvalue weighted by atomic mass is 9.85. The molecule has 4 rings (SSSR count). The van der Waals surface area contributed by atoms with E-state index in [1.54, 1.807) is 0 Å². The minimum atomic E-state index is -0.175. The summed E-state index contributed by atoms with van der Waals surface area (Å²) in [7, 11) is 0. The van der Waals surface area contributed by atoms with Gasteiger partial charge in [-0.1, -0.05) is 48.0 Å². The quantitative estimate of drug-likeness (QED) is 0.812. The summed E-state index contributed by atoms with van der Waals surface area (Å²) < 4.78 is 0. The maximum absolute atomic E-state index is 12.9. The summed E-state index contributed by atoms with van der Waals surface area (Å²) in [5.74, 6) is 0.649. The Labute approximate surface area is 166 Å². The van der Waals surface area contributed by atoms with Crippen molar-refractivity contribution >= 4 is 23.1 Å². The first-order valence-corrected chi connectivity index (χ1v) is 10.6. The number of amides is 1. The predicted molar refractivity (Wildman–Crippen MR) is 109 cm³/mol. The lowest BCUT2D eigenvalue weighted by Gasteiger charge is -2.33. The Hall–Kier alpha value is -1.58. The van der Waals surface area contributed by atoms with E-state index in [4.69, 9.17) is 11.6 Å². The van der Waals surface area contributed by atoms with Crippen LogP contribution in [0.4, 0.5) is 0 Å². The van der Waals surface area contributed by atoms with E-state index >= 15 is 0 Å². The number of allylic oxidation sites excluding steroid dienone is 4. The van der Waals surface area contributed by atoms with Gasteiger partial charge >= 0.3 is 0 Å². The van der Waals surface area contributed by atoms with Gasteiger partial charge in [-0.25, -0.2) is 0 Å². The summed E-state index contributed by atoms with van der Waals surface area (Å²) >= 11 is 6.62. The number of hydrogen-bond donors (Lipinski definition) is 1. The number of carbonyl (C=O) groups is 1. The highest BCUT2D eigenvalue weighted by Crippen LogP contribution is 2.38. The van der Waals surface area contributed by atoms with Crippen molar-refractivity contribution in [2.45, 2.75) is 57.1 Å². The molecule has 1 aliphatic heterocycles. The van der Waals surface area contributed by atoms with E-state index < -0.39 is 0 Å². The number of rotatable bonds is 4. The van der Waals surface area contributed by atoms with Crippen molar-refractivity contribution in [1.82, 2.24) is 4.90 Å². The largest absolute Gasteiger partial charge is 0.393 e. The zero-order chi connectivity index (χ0) is 18.8. The first-order chi connectivity index (χ1) is 13.1. The summed E-state index contributed by atoms with van der Waals surface area (Å²) in [6.45, 7) is 0.865. The second-order valence-electron chi connectivity index (χ2n) is 8.20. The summed E-state index contributed by atoms with van der Waals surface area (Å²) in [4.78, 5) is 15.0. The highest BCUT2D eigenvalue weighted by molar-refractivity contribution is 6.30. The number of halogens is 1. The molecule has 0 bridgehead atoms. The Balaban J connectivity index is 1.36. The second kappa shape index (κ2) is 8.20. The third kappa shape index (κ3) is 4.14. The van der Waals surface area contributed by atoms with Gasteiger partial charge in [0.2, 0.25) is 5.91 Å². The van der Waals surface area contributed by atoms with Gasteiger partial charge in [0.25, 0.3) is 0 Å². The lowest BCUT2D eigenvalue weighted by Crippen LogP contribution is -2.41. The van der Waals surface area contributed by atoms with E-state index in [1.807, 2.05) is 18.2 Å². The van der Waals surface area contributed by atoms with Crippen LogP contribution in [0.3, 0.4) is 0 Å². The van der Waals surface area contributed by atoms with Crippen molar-refractivity contribution in [1.29, 1.82) is 0 Å². The average Bonchev–Trinajstić information content (AvgIpc) is 3.05. The Morgan fingerprint density at radius 2 is 1.78 bits per heavy atom. The number of likely N-dealkylation sites (tertiary alicyclic amines) is 1. The van der Waals surface area contributed by atoms with Crippen molar-refractivity contribution in [3.63, 3.8) is 0 Å². The molecule has 1 aromatic carbocycles. The van der Waals surface area contributed by atoms with Crippen LogP contribution in [0, 0.1) is 11.8 Å². The third-order valence-electron chi connectivity index (χ3n) is 6.44. The number of hydrogen-bond acceptors (Lipinski definition) is 2. The molecule has 3 nitrogen and oxygen atoms in total. The molecule has 1 saturated carbocycles. The molecule has 27 heavy (non-hydrogen) atoms. The summed E-state index contributed by atoms with van der Waals surface area (Å²) in [6, 6.07) is 10.6. The lowest BCUT2D eigenvalue weighted by molar-refractivity contribution is -0.134. The van der Waals surface area contributed by atoms with E-state index in [9.17, 15) is 9.90 Å². The van der Waals surface area contributed by atoms with Gasteiger partial charge in [-0.15, -0.1) is 0 Å². The van der Waals surface area contributed by atoms with Crippen LogP contribution >= 0.6 is 11.6 Å². The minimum absolute atomic E-state index is 0.0932. The van der Waals surface area contributed by atoms with Gasteiger partial charge < -0.3 is 10.0 Å². The van der Waals surface area contributed by atoms with Crippen molar-refractivity contribution in [2.75, 3.05) is 6.54 Å². The zero-order valence-electron chi connectivity index (χ0n) is 15.7. The van der Waals surface area contributed by atoms with Crippen LogP contribution in [0.2, 0.25) is 0 Å². The second-order valence-corrected chi connectivity index (χ2v) is 8.64. The normalized spacial score (nSPS) is 31.6. The van der Waals surface area contributed by atoms with Gasteiger partial charge in [0.1, 0.15) is 0 Å². The van der Waals surface area contributed by atoms with Gasteiger partial charge in [0.05, 0.1) is 6.10 Å². The number of aliphatic hydroxyl groups is 1. The summed E-state index contributed by atoms with van der Waals surface area (Å²) in [6.07, 6.45) is 10.4. The van der Waals surface area contributed by atoms with Crippen LogP contribution in [0.1, 0.15) is 50.5 Å². The van der Waals surface area contributed by atoms with Gasteiger partial charge in [-0.3, -0.25) is 4.79 Å². The van der Waals surface area contributed by atoms with Crippen LogP contribution in [0.15, 0.2) is 47.5 Å². The Bertz CT molecular complexity index is 734. The molecule has 2 aliphatic carbocycles. The van der Waals surface area contributed by atoms with Crippen molar-refractivity contribution in [2.24, 2.45) is 11.8 Å². The van der Waals surface area contributed by atoms with Crippen molar-refractivity contribution in [3.05, 3.63) is 53.1 Å². The highest BCUT2D eigenvalue weighted by atomic mass is 35.5. The molecule has 2 fully saturated rings. The molecule has 0 spiro atoms. The Kier molecular flexibility index (Phi) is 5.70. The first kappa shape index (κ1) is 18.8. The molecule has 0 radical (unpaired) electrons. The molecule has 144 valence electrons. The Morgan fingerprint density at radius 3 is 2.48 bits per heavy atom. The van der Waals surface area contributed by atoms with Gasteiger partial charge in [0.15, 0.2) is 0 Å². The van der Waals surface area contributed by atoms with Gasteiger partial charge in [0, 0.05) is 23.5 Å². The van der Waals surface area contributed by atoms with Crippen LogP contribution in [0.25, 0.3) is 5.57 Å². The molecule has 1 saturated heterocycles. The first-order valence-electron chi connectivity index (χ1n) is 10.2. The average molecular weight is 386 g/mol. The fraction of sp³-hybridized carbons (Fsp3) is 0.522. The smallest absolute Gasteiger partial charge is 0.226 e. The maximum atomic E-state index is 12.9. The van der Waals surface area contributed by atoms with Crippen LogP contribution in [-0.4, -0.2) is 34.6 Å². The maximum Gasteiger partial charge on any atom is 0.226 e. The van der Waals surface area contributed by atoms with Gasteiger partial charge in [-0.2, -0.15) is 0 Å². The molecule has 1 aromatic rings. The molecule has 1 amide bonds. The third-order valence-corrected chi connectivity index (χ3v) is 6.86. The van der Waals surface area contributed by atoms with Crippen molar-refractivity contribution in [3.8, 4) is 0 Å². The number of benzene rings is 1. The Morgan fingerprint density at radius 1 is 1.04 bits per heavy atom. The predicted octanol–water partition coefficient (Wildman–Crippen LogP) is 4.75. The molecule has 2 atom stereocenters. The fourth-order valence-electron chi connectivity index (χ4n) is 4.81. The molecule has 3 aliphatic rings. The number of aliphatic hydroxyl groups excluding tert-OH is 1. The van der Waals surface area contributed by atoms with Crippen molar-refractivity contribution < 1.29 is 9.90 Å². The molecule has 1 N–H and O–H groups in total. The molecular formula is C23H28ClNO2. The highest BCUT2D eigenvalue weighted by Gasteiger charge is 2.38. The SMILES string of the molecule is O=C1C(CC2CC=C(c3ccccc3)C=C2Cl)CCN1C1CCC(O)CC1. The van der Waals surface area contributed by atoms with Crippen LogP contribution < -0.4 is 0 Å². The van der Waals surface area contributed by atoms with E-state index in [2.05, 4.69) is 29.2 Å². The monoisotopic (exact) mass is 385 g/mol. The summed E-state index contributed by atoms with van der Waals surface area (Å²) in [5, 5.41) is 10.6. The van der Waals surface area contributed by atoms with Gasteiger partial charge in [-0.05, 0) is 68.1 Å². The van der Waals surface area contributed by atoms with E-state index in [-0.39, 0.29) is 17.9 Å². The molecule has 2 unspecified atom stereocenters. The minimum Gasteiger partial charge on any atom is -0.393 e. The van der Waals surface area contributed by atoms with E-state index in [1.165, 1.54) is 11.1 Å². The molecule has 1 heterocycles. The van der Waals surface area contributed by atoms with E-state index in [0.717, 1.165) is 56.5 Å². The van der Waals surface area contributed by atoms with E-state index in [0.29, 0.717) is 11.9 Å². The molecular weight excluding hydrogens is 358 g/mol. The zero-order valence-corrected chi connectivity index (χ0v) is 16.4. The summed E-state index contributed by atoms with van der Waals surface area (Å²) in [5.41, 5.74) is 2.37. The van der Waals surface area contributed by atoms with Crippen LogP contribution in [0.5, 0.6) is 0 Å².